The number of rotatable bonds is 6. The van der Waals surface area contributed by atoms with E-state index in [1.54, 1.807) is 0 Å². The highest BCUT2D eigenvalue weighted by Crippen LogP contribution is 2.29. The Morgan fingerprint density at radius 3 is 2.28 bits per heavy atom. The smallest absolute Gasteiger partial charge is 0.254 e. The molecule has 158 valence electrons. The summed E-state index contributed by atoms with van der Waals surface area (Å²) in [6, 6.07) is 30.3. The second-order valence-corrected chi connectivity index (χ2v) is 7.94. The first kappa shape index (κ1) is 20.0. The van der Waals surface area contributed by atoms with Crippen molar-refractivity contribution < 1.29 is 0 Å². The Balaban J connectivity index is 1.57. The molecule has 5 aromatic rings. The Hall–Kier alpha value is -3.96. The van der Waals surface area contributed by atoms with Crippen molar-refractivity contribution in [3.05, 3.63) is 118 Å². The molecule has 0 aliphatic carbocycles. The number of aromatic amines is 1. The van der Waals surface area contributed by atoms with Gasteiger partial charge in [0, 0.05) is 29.6 Å². The summed E-state index contributed by atoms with van der Waals surface area (Å²) in [6.07, 6.45) is 0. The molecule has 0 saturated carbocycles. The maximum atomic E-state index is 12.9. The molecular weight excluding hydrogens is 396 g/mol. The van der Waals surface area contributed by atoms with Crippen LogP contribution >= 0.6 is 0 Å². The molecule has 2 heterocycles. The molecule has 0 aliphatic rings. The summed E-state index contributed by atoms with van der Waals surface area (Å²) >= 11 is 0. The van der Waals surface area contributed by atoms with Gasteiger partial charge in [0.1, 0.15) is 11.3 Å². The molecule has 0 aliphatic heterocycles. The number of para-hydroxylation sites is 1. The quantitative estimate of drug-likeness (QED) is 0.407. The van der Waals surface area contributed by atoms with E-state index in [0.717, 1.165) is 22.3 Å². The second-order valence-electron chi connectivity index (χ2n) is 7.94. The first-order valence-corrected chi connectivity index (χ1v) is 10.7. The number of nitrogens with zero attached hydrogens (tertiary/aromatic N) is 2. The highest BCUT2D eigenvalue weighted by Gasteiger charge is 2.16. The minimum Gasteiger partial charge on any atom is -0.308 e. The lowest BCUT2D eigenvalue weighted by Crippen LogP contribution is -2.21. The fraction of sp³-hybridized carbons (Fsp3) is 0.111. The van der Waals surface area contributed by atoms with Crippen molar-refractivity contribution in [2.45, 2.75) is 20.0 Å². The molecule has 0 saturated heterocycles. The van der Waals surface area contributed by atoms with Crippen LogP contribution in [0.25, 0.3) is 28.0 Å². The average Bonchev–Trinajstić information content (AvgIpc) is 3.19. The zero-order valence-corrected chi connectivity index (χ0v) is 17.9. The van der Waals surface area contributed by atoms with E-state index in [1.807, 2.05) is 59.3 Å². The van der Waals surface area contributed by atoms with Gasteiger partial charge in [-0.2, -0.15) is 5.10 Å². The van der Waals surface area contributed by atoms with Crippen LogP contribution in [0.3, 0.4) is 0 Å². The normalized spacial score (nSPS) is 11.2. The van der Waals surface area contributed by atoms with Gasteiger partial charge in [-0.05, 0) is 30.7 Å². The third kappa shape index (κ3) is 3.98. The number of benzene rings is 3. The minimum atomic E-state index is -0.106. The summed E-state index contributed by atoms with van der Waals surface area (Å²) in [7, 11) is 0. The maximum absolute atomic E-state index is 12.9. The van der Waals surface area contributed by atoms with Gasteiger partial charge in [0.2, 0.25) is 0 Å². The third-order valence-corrected chi connectivity index (χ3v) is 5.58. The van der Waals surface area contributed by atoms with E-state index < -0.39 is 0 Å². The maximum Gasteiger partial charge on any atom is 0.254 e. The fourth-order valence-corrected chi connectivity index (χ4v) is 3.86. The van der Waals surface area contributed by atoms with Crippen molar-refractivity contribution in [1.29, 1.82) is 0 Å². The first-order valence-electron chi connectivity index (χ1n) is 10.7. The number of fused-ring (bicyclic) bond motifs is 1. The van der Waals surface area contributed by atoms with Gasteiger partial charge in [0.25, 0.3) is 5.56 Å². The average molecular weight is 421 g/mol. The topological polar surface area (TPSA) is 62.7 Å². The molecule has 2 N–H and O–H groups in total. The molecular formula is C27H24N4O. The molecule has 5 heteroatoms. The lowest BCUT2D eigenvalue weighted by Gasteiger charge is -2.06. The van der Waals surface area contributed by atoms with Crippen molar-refractivity contribution in [1.82, 2.24) is 20.1 Å². The van der Waals surface area contributed by atoms with Crippen LogP contribution in [0.15, 0.2) is 95.8 Å². The zero-order chi connectivity index (χ0) is 21.9. The predicted molar refractivity (Wildman–Crippen MR) is 129 cm³/mol. The lowest BCUT2D eigenvalue weighted by molar-refractivity contribution is 0.688. The van der Waals surface area contributed by atoms with E-state index in [2.05, 4.69) is 53.6 Å². The highest BCUT2D eigenvalue weighted by atomic mass is 16.1. The van der Waals surface area contributed by atoms with Crippen LogP contribution in [-0.4, -0.2) is 14.8 Å². The van der Waals surface area contributed by atoms with Crippen LogP contribution in [0.2, 0.25) is 0 Å². The Morgan fingerprint density at radius 1 is 0.875 bits per heavy atom. The molecule has 0 spiro atoms. The largest absolute Gasteiger partial charge is 0.308 e. The van der Waals surface area contributed by atoms with Gasteiger partial charge in [-0.1, -0.05) is 78.4 Å². The molecule has 3 aromatic carbocycles. The Bertz CT molecular complexity index is 1400. The third-order valence-electron chi connectivity index (χ3n) is 5.58. The Kier molecular flexibility index (Phi) is 5.40. The molecule has 5 rings (SSSR count). The number of hydrogen-bond acceptors (Lipinski definition) is 3. The summed E-state index contributed by atoms with van der Waals surface area (Å²) in [5.41, 5.74) is 6.43. The van der Waals surface area contributed by atoms with E-state index in [1.165, 1.54) is 11.1 Å². The fourth-order valence-electron chi connectivity index (χ4n) is 3.86. The first-order chi connectivity index (χ1) is 15.7. The molecule has 2 aromatic heterocycles. The van der Waals surface area contributed by atoms with Gasteiger partial charge in [0.05, 0.1) is 5.69 Å². The highest BCUT2D eigenvalue weighted by molar-refractivity contribution is 5.92. The SMILES string of the molecule is Cc1ccc(-c2nn(-c3ccccc3)c3[nH]c(=O)c(CNCc4ccccc4)cc23)cc1. The van der Waals surface area contributed by atoms with Crippen LogP contribution in [0.1, 0.15) is 16.7 Å². The number of aromatic nitrogens is 3. The number of nitrogens with one attached hydrogen (secondary N) is 2. The van der Waals surface area contributed by atoms with Crippen LogP contribution < -0.4 is 10.9 Å². The van der Waals surface area contributed by atoms with Crippen LogP contribution in [0.4, 0.5) is 0 Å². The second kappa shape index (κ2) is 8.65. The number of H-pyrrole nitrogens is 1. The molecule has 32 heavy (non-hydrogen) atoms. The molecule has 0 amide bonds. The molecule has 0 unspecified atom stereocenters. The van der Waals surface area contributed by atoms with Gasteiger partial charge in [-0.15, -0.1) is 0 Å². The summed E-state index contributed by atoms with van der Waals surface area (Å²) in [4.78, 5) is 16.0. The van der Waals surface area contributed by atoms with Crippen molar-refractivity contribution in [2.75, 3.05) is 0 Å². The van der Waals surface area contributed by atoms with Gasteiger partial charge in [0.15, 0.2) is 0 Å². The predicted octanol–water partition coefficient (Wildman–Crippen LogP) is 4.98. The van der Waals surface area contributed by atoms with Crippen LogP contribution in [0, 0.1) is 6.92 Å². The van der Waals surface area contributed by atoms with Crippen molar-refractivity contribution in [3.63, 3.8) is 0 Å². The van der Waals surface area contributed by atoms with E-state index >= 15 is 0 Å². The van der Waals surface area contributed by atoms with Gasteiger partial charge < -0.3 is 10.3 Å². The number of hydrogen-bond donors (Lipinski definition) is 2. The molecule has 0 fully saturated rings. The van der Waals surface area contributed by atoms with E-state index in [0.29, 0.717) is 24.3 Å². The number of pyridine rings is 1. The molecule has 0 radical (unpaired) electrons. The van der Waals surface area contributed by atoms with Crippen molar-refractivity contribution >= 4 is 11.0 Å². The molecule has 0 bridgehead atoms. The van der Waals surface area contributed by atoms with Crippen LogP contribution in [0.5, 0.6) is 0 Å². The standard InChI is InChI=1S/C27H24N4O/c1-19-12-14-21(15-13-19)25-24-16-22(18-28-17-20-8-4-2-5-9-20)27(32)29-26(24)31(30-25)23-10-6-3-7-11-23/h2-16,28H,17-18H2,1H3,(H,29,32). The monoisotopic (exact) mass is 420 g/mol. The Labute approximate surface area is 186 Å². The van der Waals surface area contributed by atoms with Gasteiger partial charge >= 0.3 is 0 Å². The molecule has 5 nitrogen and oxygen atoms in total. The van der Waals surface area contributed by atoms with E-state index in [9.17, 15) is 4.79 Å². The zero-order valence-electron chi connectivity index (χ0n) is 17.9. The summed E-state index contributed by atoms with van der Waals surface area (Å²) in [6.45, 7) is 3.24. The van der Waals surface area contributed by atoms with Crippen molar-refractivity contribution in [3.8, 4) is 16.9 Å². The molecule has 0 atom stereocenters. The van der Waals surface area contributed by atoms with E-state index in [4.69, 9.17) is 5.10 Å². The lowest BCUT2D eigenvalue weighted by atomic mass is 10.1. The summed E-state index contributed by atoms with van der Waals surface area (Å²) < 4.78 is 1.81. The Morgan fingerprint density at radius 2 is 1.56 bits per heavy atom. The number of aryl methyl sites for hydroxylation is 1. The van der Waals surface area contributed by atoms with E-state index in [-0.39, 0.29) is 5.56 Å². The van der Waals surface area contributed by atoms with Gasteiger partial charge in [-0.3, -0.25) is 4.79 Å². The summed E-state index contributed by atoms with van der Waals surface area (Å²) in [5, 5.41) is 9.20. The van der Waals surface area contributed by atoms with Crippen LogP contribution in [-0.2, 0) is 13.1 Å². The summed E-state index contributed by atoms with van der Waals surface area (Å²) in [5.74, 6) is 0. The van der Waals surface area contributed by atoms with Crippen molar-refractivity contribution in [2.24, 2.45) is 0 Å². The minimum absolute atomic E-state index is 0.106. The van der Waals surface area contributed by atoms with Gasteiger partial charge in [-0.25, -0.2) is 4.68 Å².